The van der Waals surface area contributed by atoms with Crippen LogP contribution in [0.3, 0.4) is 0 Å². The molecule has 0 amide bonds. The van der Waals surface area contributed by atoms with E-state index in [4.69, 9.17) is 5.26 Å². The number of nitrogens with zero attached hydrogens (tertiary/aromatic N) is 3. The summed E-state index contributed by atoms with van der Waals surface area (Å²) in [5, 5.41) is 15.2. The largest absolute Gasteiger partial charge is 0.362 e. The van der Waals surface area contributed by atoms with Gasteiger partial charge in [-0.2, -0.15) is 5.26 Å². The second-order valence-electron chi connectivity index (χ2n) is 4.36. The van der Waals surface area contributed by atoms with Crippen molar-refractivity contribution in [2.75, 3.05) is 5.32 Å². The van der Waals surface area contributed by atoms with Gasteiger partial charge in [-0.1, -0.05) is 30.3 Å². The first-order valence-corrected chi connectivity index (χ1v) is 7.33. The zero-order valence-corrected chi connectivity index (χ0v) is 12.0. The molecule has 0 unspecified atom stereocenters. The van der Waals surface area contributed by atoms with Gasteiger partial charge in [-0.15, -0.1) is 11.3 Å². The van der Waals surface area contributed by atoms with Crippen LogP contribution in [0.2, 0.25) is 0 Å². The third-order valence-corrected chi connectivity index (χ3v) is 3.81. The molecule has 1 aromatic carbocycles. The summed E-state index contributed by atoms with van der Waals surface area (Å²) in [7, 11) is 0. The number of hydrogen-bond donors (Lipinski definition) is 1. The molecule has 0 saturated carbocycles. The first kappa shape index (κ1) is 13.3. The maximum atomic E-state index is 9.03. The molecule has 0 atom stereocenters. The molecule has 0 spiro atoms. The molecule has 0 radical (unpaired) electrons. The van der Waals surface area contributed by atoms with Crippen molar-refractivity contribution in [3.8, 4) is 17.3 Å². The van der Waals surface area contributed by atoms with E-state index in [1.165, 1.54) is 0 Å². The van der Waals surface area contributed by atoms with Crippen LogP contribution in [0.4, 0.5) is 5.82 Å². The Morgan fingerprint density at radius 1 is 1.14 bits per heavy atom. The fourth-order valence-corrected chi connectivity index (χ4v) is 2.67. The average Bonchev–Trinajstić information content (AvgIpc) is 3.03. The topological polar surface area (TPSA) is 61.6 Å². The van der Waals surface area contributed by atoms with E-state index in [0.717, 1.165) is 16.3 Å². The molecule has 0 aliphatic heterocycles. The van der Waals surface area contributed by atoms with E-state index in [0.29, 0.717) is 17.9 Å². The van der Waals surface area contributed by atoms with Crippen LogP contribution in [0.15, 0.2) is 54.0 Å². The van der Waals surface area contributed by atoms with Gasteiger partial charge in [0.1, 0.15) is 16.9 Å². The van der Waals surface area contributed by atoms with Crippen molar-refractivity contribution in [2.24, 2.45) is 0 Å². The SMILES string of the molecule is N#Cc1cccnc1NCc1nc(-c2ccccc2)cs1. The Bertz CT molecular complexity index is 774. The lowest BCUT2D eigenvalue weighted by molar-refractivity contribution is 1.08. The lowest BCUT2D eigenvalue weighted by Crippen LogP contribution is -2.02. The highest BCUT2D eigenvalue weighted by Gasteiger charge is 2.06. The fourth-order valence-electron chi connectivity index (χ4n) is 1.93. The highest BCUT2D eigenvalue weighted by atomic mass is 32.1. The number of hydrogen-bond acceptors (Lipinski definition) is 5. The van der Waals surface area contributed by atoms with Gasteiger partial charge in [0.25, 0.3) is 0 Å². The van der Waals surface area contributed by atoms with Crippen molar-refractivity contribution < 1.29 is 0 Å². The van der Waals surface area contributed by atoms with Crippen LogP contribution < -0.4 is 5.32 Å². The minimum Gasteiger partial charge on any atom is -0.362 e. The van der Waals surface area contributed by atoms with Crippen LogP contribution in [0, 0.1) is 11.3 Å². The number of benzene rings is 1. The molecule has 0 bridgehead atoms. The van der Waals surface area contributed by atoms with Crippen LogP contribution in [0.1, 0.15) is 10.6 Å². The molecule has 2 aromatic heterocycles. The molecule has 4 nitrogen and oxygen atoms in total. The molecule has 0 saturated heterocycles. The van der Waals surface area contributed by atoms with E-state index in [1.54, 1.807) is 29.7 Å². The highest BCUT2D eigenvalue weighted by molar-refractivity contribution is 7.09. The van der Waals surface area contributed by atoms with Crippen LogP contribution in [0.5, 0.6) is 0 Å². The Morgan fingerprint density at radius 2 is 2.00 bits per heavy atom. The van der Waals surface area contributed by atoms with Gasteiger partial charge in [0.2, 0.25) is 0 Å². The summed E-state index contributed by atoms with van der Waals surface area (Å²) >= 11 is 1.59. The van der Waals surface area contributed by atoms with Gasteiger partial charge in [-0.3, -0.25) is 0 Å². The summed E-state index contributed by atoms with van der Waals surface area (Å²) in [6, 6.07) is 15.7. The second kappa shape index (κ2) is 6.16. The van der Waals surface area contributed by atoms with Gasteiger partial charge in [-0.25, -0.2) is 9.97 Å². The number of thiazole rings is 1. The molecule has 21 heavy (non-hydrogen) atoms. The standard InChI is InChI=1S/C16H12N4S/c17-9-13-7-4-8-18-16(13)19-10-15-20-14(11-21-15)12-5-2-1-3-6-12/h1-8,11H,10H2,(H,18,19). The summed E-state index contributed by atoms with van der Waals surface area (Å²) in [5.41, 5.74) is 2.62. The first-order chi connectivity index (χ1) is 10.4. The Hall–Kier alpha value is -2.71. The molecule has 5 heteroatoms. The van der Waals surface area contributed by atoms with Gasteiger partial charge in [0, 0.05) is 17.1 Å². The van der Waals surface area contributed by atoms with Crippen LogP contribution in [-0.4, -0.2) is 9.97 Å². The maximum absolute atomic E-state index is 9.03. The van der Waals surface area contributed by atoms with Crippen molar-refractivity contribution >= 4 is 17.2 Å². The zero-order valence-electron chi connectivity index (χ0n) is 11.2. The smallest absolute Gasteiger partial charge is 0.144 e. The molecule has 3 rings (SSSR count). The average molecular weight is 292 g/mol. The number of nitrogens with one attached hydrogen (secondary N) is 1. The van der Waals surface area contributed by atoms with Crippen LogP contribution in [-0.2, 0) is 6.54 Å². The van der Waals surface area contributed by atoms with Crippen molar-refractivity contribution in [1.29, 1.82) is 5.26 Å². The Kier molecular flexibility index (Phi) is 3.90. The molecule has 102 valence electrons. The summed E-state index contributed by atoms with van der Waals surface area (Å²) < 4.78 is 0. The van der Waals surface area contributed by atoms with E-state index < -0.39 is 0 Å². The summed E-state index contributed by atoms with van der Waals surface area (Å²) in [6.45, 7) is 0.559. The Balaban J connectivity index is 1.72. The van der Waals surface area contributed by atoms with E-state index in [1.807, 2.05) is 35.7 Å². The summed E-state index contributed by atoms with van der Waals surface area (Å²) in [4.78, 5) is 8.77. The molecule has 1 N–H and O–H groups in total. The van der Waals surface area contributed by atoms with Crippen molar-refractivity contribution in [2.45, 2.75) is 6.54 Å². The lowest BCUT2D eigenvalue weighted by atomic mass is 10.2. The number of nitriles is 1. The van der Waals surface area contributed by atoms with Crippen LogP contribution >= 0.6 is 11.3 Å². The monoisotopic (exact) mass is 292 g/mol. The van der Waals surface area contributed by atoms with Crippen molar-refractivity contribution in [3.63, 3.8) is 0 Å². The van der Waals surface area contributed by atoms with Gasteiger partial charge in [0.05, 0.1) is 17.8 Å². The molecule has 2 heterocycles. The quantitative estimate of drug-likeness (QED) is 0.796. The third kappa shape index (κ3) is 3.07. The number of anilines is 1. The third-order valence-electron chi connectivity index (χ3n) is 2.96. The Morgan fingerprint density at radius 3 is 2.81 bits per heavy atom. The minimum absolute atomic E-state index is 0.539. The summed E-state index contributed by atoms with van der Waals surface area (Å²) in [5.74, 6) is 0.594. The molecular weight excluding hydrogens is 280 g/mol. The predicted molar refractivity (Wildman–Crippen MR) is 83.8 cm³/mol. The molecule has 3 aromatic rings. The second-order valence-corrected chi connectivity index (χ2v) is 5.30. The number of pyridine rings is 1. The normalized spacial score (nSPS) is 10.0. The van der Waals surface area contributed by atoms with E-state index >= 15 is 0 Å². The number of aromatic nitrogens is 2. The fraction of sp³-hybridized carbons (Fsp3) is 0.0625. The highest BCUT2D eigenvalue weighted by Crippen LogP contribution is 2.22. The number of rotatable bonds is 4. The maximum Gasteiger partial charge on any atom is 0.144 e. The first-order valence-electron chi connectivity index (χ1n) is 6.45. The Labute approximate surface area is 126 Å². The molecule has 0 aliphatic rings. The van der Waals surface area contributed by atoms with Gasteiger partial charge >= 0.3 is 0 Å². The van der Waals surface area contributed by atoms with E-state index in [2.05, 4.69) is 21.4 Å². The van der Waals surface area contributed by atoms with Crippen molar-refractivity contribution in [3.05, 3.63) is 64.6 Å². The van der Waals surface area contributed by atoms with Crippen LogP contribution in [0.25, 0.3) is 11.3 Å². The van der Waals surface area contributed by atoms with Gasteiger partial charge < -0.3 is 5.32 Å². The minimum atomic E-state index is 0.539. The molecule has 0 aliphatic carbocycles. The predicted octanol–water partition coefficient (Wildman–Crippen LogP) is 3.69. The summed E-state index contributed by atoms with van der Waals surface area (Å²) in [6.07, 6.45) is 1.67. The van der Waals surface area contributed by atoms with Crippen molar-refractivity contribution in [1.82, 2.24) is 9.97 Å². The lowest BCUT2D eigenvalue weighted by Gasteiger charge is -2.04. The molecule has 0 fully saturated rings. The van der Waals surface area contributed by atoms with E-state index in [9.17, 15) is 0 Å². The van der Waals surface area contributed by atoms with E-state index in [-0.39, 0.29) is 0 Å². The van der Waals surface area contributed by atoms with Gasteiger partial charge in [0.15, 0.2) is 0 Å². The zero-order chi connectivity index (χ0) is 14.5. The van der Waals surface area contributed by atoms with Gasteiger partial charge in [-0.05, 0) is 12.1 Å². The molecular formula is C16H12N4S.